The topological polar surface area (TPSA) is 26.8 Å². The van der Waals surface area contributed by atoms with E-state index < -0.39 is 11.7 Å². The lowest BCUT2D eigenvalue weighted by Crippen LogP contribution is -2.50. The van der Waals surface area contributed by atoms with E-state index in [2.05, 4.69) is 9.80 Å². The van der Waals surface area contributed by atoms with E-state index in [1.165, 1.54) is 44.5 Å². The Kier molecular flexibility index (Phi) is 9.30. The van der Waals surface area contributed by atoms with Crippen LogP contribution in [0.2, 0.25) is 0 Å². The van der Waals surface area contributed by atoms with Crippen molar-refractivity contribution in [3.8, 4) is 0 Å². The van der Waals surface area contributed by atoms with Gasteiger partial charge in [-0.05, 0) is 82.3 Å². The number of likely N-dealkylation sites (N-methyl/N-ethyl adjacent to an activating group) is 1. The maximum atomic E-state index is 14.0. The van der Waals surface area contributed by atoms with Crippen molar-refractivity contribution in [2.24, 2.45) is 0 Å². The molecule has 0 bridgehead atoms. The Labute approximate surface area is 219 Å². The van der Waals surface area contributed by atoms with Crippen LogP contribution in [0.1, 0.15) is 67.3 Å². The van der Waals surface area contributed by atoms with Crippen LogP contribution in [0.15, 0.2) is 48.5 Å². The van der Waals surface area contributed by atoms with E-state index in [-0.39, 0.29) is 11.9 Å². The molecule has 2 saturated heterocycles. The summed E-state index contributed by atoms with van der Waals surface area (Å²) < 4.78 is 39.9. The van der Waals surface area contributed by atoms with Gasteiger partial charge in [0.2, 0.25) is 5.91 Å². The fraction of sp³-hybridized carbons (Fsp3) is 0.567. The maximum Gasteiger partial charge on any atom is 0.416 e. The van der Waals surface area contributed by atoms with Crippen molar-refractivity contribution in [1.29, 1.82) is 0 Å². The highest BCUT2D eigenvalue weighted by Crippen LogP contribution is 2.32. The number of carbonyl (C=O) groups is 1. The molecule has 4 nitrogen and oxygen atoms in total. The summed E-state index contributed by atoms with van der Waals surface area (Å²) >= 11 is 0. The first kappa shape index (κ1) is 27.6. The van der Waals surface area contributed by atoms with Gasteiger partial charge in [-0.3, -0.25) is 9.69 Å². The Morgan fingerprint density at radius 3 is 2.30 bits per heavy atom. The van der Waals surface area contributed by atoms with E-state index >= 15 is 0 Å². The standard InChI is InChI=1S/C30H40F3N3O/c1-3-34(17-12-24-20-23(2)21-26(22-24)30(31,32)33)29(37)28(25-10-6-4-7-11-25)36-18-13-27(14-19-36)35-15-8-5-9-16-35/h4,6-7,10-11,20-22,27-28H,3,5,8-9,12-19H2,1-2H3. The summed E-state index contributed by atoms with van der Waals surface area (Å²) in [6, 6.07) is 14.3. The Morgan fingerprint density at radius 2 is 1.68 bits per heavy atom. The third-order valence-electron chi connectivity index (χ3n) is 7.95. The van der Waals surface area contributed by atoms with Crippen LogP contribution in [-0.4, -0.2) is 65.9 Å². The number of carbonyl (C=O) groups excluding carboxylic acids is 1. The lowest BCUT2D eigenvalue weighted by atomic mass is 9.96. The van der Waals surface area contributed by atoms with E-state index in [0.717, 1.165) is 31.5 Å². The SMILES string of the molecule is CCN(CCc1cc(C)cc(C(F)(F)F)c1)C(=O)C(c1ccccc1)N1CCC(N2CCCCC2)CC1. The molecule has 2 heterocycles. The summed E-state index contributed by atoms with van der Waals surface area (Å²) in [6.45, 7) is 8.65. The summed E-state index contributed by atoms with van der Waals surface area (Å²) in [7, 11) is 0. The van der Waals surface area contributed by atoms with Gasteiger partial charge in [0.05, 0.1) is 5.56 Å². The summed E-state index contributed by atoms with van der Waals surface area (Å²) in [6.07, 6.45) is 2.03. The van der Waals surface area contributed by atoms with Crippen molar-refractivity contribution in [3.05, 3.63) is 70.8 Å². The molecule has 7 heteroatoms. The number of amides is 1. The molecule has 4 rings (SSSR count). The first-order chi connectivity index (χ1) is 17.8. The van der Waals surface area contributed by atoms with Gasteiger partial charge in [-0.1, -0.05) is 48.4 Å². The molecule has 0 radical (unpaired) electrons. The van der Waals surface area contributed by atoms with Gasteiger partial charge in [0.25, 0.3) is 0 Å². The van der Waals surface area contributed by atoms with Crippen molar-refractivity contribution < 1.29 is 18.0 Å². The first-order valence-corrected chi connectivity index (χ1v) is 13.8. The Hall–Kier alpha value is -2.38. The zero-order chi connectivity index (χ0) is 26.4. The van der Waals surface area contributed by atoms with Crippen molar-refractivity contribution in [3.63, 3.8) is 0 Å². The minimum Gasteiger partial charge on any atom is -0.341 e. The molecule has 2 fully saturated rings. The Balaban J connectivity index is 1.47. The molecule has 0 aromatic heterocycles. The van der Waals surface area contributed by atoms with Gasteiger partial charge in [-0.15, -0.1) is 0 Å². The number of likely N-dealkylation sites (tertiary alicyclic amines) is 2. The average Bonchev–Trinajstić information content (AvgIpc) is 2.90. The molecule has 37 heavy (non-hydrogen) atoms. The first-order valence-electron chi connectivity index (χ1n) is 13.8. The normalized spacial score (nSPS) is 19.1. The number of hydrogen-bond donors (Lipinski definition) is 0. The molecule has 2 aliphatic rings. The molecule has 202 valence electrons. The summed E-state index contributed by atoms with van der Waals surface area (Å²) in [5.74, 6) is 0.0359. The predicted octanol–water partition coefficient (Wildman–Crippen LogP) is 6.10. The van der Waals surface area contributed by atoms with Gasteiger partial charge in [-0.2, -0.15) is 13.2 Å². The quantitative estimate of drug-likeness (QED) is 0.425. The molecule has 0 saturated carbocycles. The van der Waals surface area contributed by atoms with E-state index in [9.17, 15) is 18.0 Å². The third kappa shape index (κ3) is 7.14. The Bertz CT molecular complexity index is 1010. The fourth-order valence-electron chi connectivity index (χ4n) is 5.97. The molecule has 1 atom stereocenters. The second-order valence-electron chi connectivity index (χ2n) is 10.5. The molecule has 2 aromatic carbocycles. The smallest absolute Gasteiger partial charge is 0.341 e. The number of hydrogen-bond acceptors (Lipinski definition) is 3. The Morgan fingerprint density at radius 1 is 1.00 bits per heavy atom. The highest BCUT2D eigenvalue weighted by atomic mass is 19.4. The van der Waals surface area contributed by atoms with Gasteiger partial charge in [0, 0.05) is 32.2 Å². The molecule has 0 spiro atoms. The van der Waals surface area contributed by atoms with Crippen molar-refractivity contribution in [2.75, 3.05) is 39.3 Å². The molecule has 1 amide bonds. The monoisotopic (exact) mass is 515 g/mol. The fourth-order valence-corrected chi connectivity index (χ4v) is 5.97. The van der Waals surface area contributed by atoms with E-state index in [4.69, 9.17) is 0 Å². The minimum atomic E-state index is -4.38. The van der Waals surface area contributed by atoms with Gasteiger partial charge in [0.1, 0.15) is 6.04 Å². The highest BCUT2D eigenvalue weighted by Gasteiger charge is 2.35. The van der Waals surface area contributed by atoms with Crippen LogP contribution in [0.3, 0.4) is 0 Å². The zero-order valence-corrected chi connectivity index (χ0v) is 22.1. The number of benzene rings is 2. The number of alkyl halides is 3. The van der Waals surface area contributed by atoms with Crippen LogP contribution in [0.25, 0.3) is 0 Å². The molecular formula is C30H40F3N3O. The highest BCUT2D eigenvalue weighted by molar-refractivity contribution is 5.83. The molecular weight excluding hydrogens is 475 g/mol. The number of halogens is 3. The molecule has 2 aliphatic heterocycles. The number of aryl methyl sites for hydroxylation is 1. The maximum absolute atomic E-state index is 14.0. The van der Waals surface area contributed by atoms with Crippen LogP contribution in [0.5, 0.6) is 0 Å². The third-order valence-corrected chi connectivity index (χ3v) is 7.95. The van der Waals surface area contributed by atoms with Crippen LogP contribution in [0, 0.1) is 6.92 Å². The molecule has 2 aromatic rings. The lowest BCUT2D eigenvalue weighted by molar-refractivity contribution is -0.139. The lowest BCUT2D eigenvalue weighted by Gasteiger charge is -2.43. The van der Waals surface area contributed by atoms with Crippen LogP contribution in [-0.2, 0) is 17.4 Å². The van der Waals surface area contributed by atoms with Crippen LogP contribution >= 0.6 is 0 Å². The minimum absolute atomic E-state index is 0.0359. The zero-order valence-electron chi connectivity index (χ0n) is 22.1. The van der Waals surface area contributed by atoms with Gasteiger partial charge in [-0.25, -0.2) is 0 Å². The molecule has 1 unspecified atom stereocenters. The van der Waals surface area contributed by atoms with Gasteiger partial charge >= 0.3 is 6.18 Å². The summed E-state index contributed by atoms with van der Waals surface area (Å²) in [5, 5.41) is 0. The second kappa shape index (κ2) is 12.4. The summed E-state index contributed by atoms with van der Waals surface area (Å²) in [4.78, 5) is 20.7. The van der Waals surface area contributed by atoms with Crippen molar-refractivity contribution >= 4 is 5.91 Å². The summed E-state index contributed by atoms with van der Waals surface area (Å²) in [5.41, 5.74) is 1.54. The molecule has 0 N–H and O–H groups in total. The van der Waals surface area contributed by atoms with Crippen molar-refractivity contribution in [1.82, 2.24) is 14.7 Å². The van der Waals surface area contributed by atoms with E-state index in [1.807, 2.05) is 42.2 Å². The molecule has 0 aliphatic carbocycles. The van der Waals surface area contributed by atoms with Gasteiger partial charge in [0.15, 0.2) is 0 Å². The largest absolute Gasteiger partial charge is 0.416 e. The average molecular weight is 516 g/mol. The van der Waals surface area contributed by atoms with E-state index in [1.54, 1.807) is 13.0 Å². The van der Waals surface area contributed by atoms with Gasteiger partial charge < -0.3 is 9.80 Å². The number of nitrogens with zero attached hydrogens (tertiary/aromatic N) is 3. The van der Waals surface area contributed by atoms with Crippen molar-refractivity contribution in [2.45, 2.75) is 70.6 Å². The predicted molar refractivity (Wildman–Crippen MR) is 141 cm³/mol. The van der Waals surface area contributed by atoms with Crippen LogP contribution in [0.4, 0.5) is 13.2 Å². The number of piperidine rings is 2. The second-order valence-corrected chi connectivity index (χ2v) is 10.5. The number of rotatable bonds is 8. The van der Waals surface area contributed by atoms with E-state index in [0.29, 0.717) is 36.7 Å². The van der Waals surface area contributed by atoms with Crippen LogP contribution < -0.4 is 0 Å².